The smallest absolute Gasteiger partial charge is 0.744 e. The van der Waals surface area contributed by atoms with Crippen LogP contribution in [0.5, 0.6) is 0 Å². The minimum Gasteiger partial charge on any atom is -0.744 e. The molecule has 0 atom stereocenters. The van der Waals surface area contributed by atoms with Crippen LogP contribution in [-0.2, 0) is 34.5 Å². The fraction of sp³-hybridized carbons (Fsp3) is 0.316. The van der Waals surface area contributed by atoms with E-state index in [1.165, 1.54) is 63.5 Å². The Labute approximate surface area is 353 Å². The summed E-state index contributed by atoms with van der Waals surface area (Å²) in [5, 5.41) is 2.46. The van der Waals surface area contributed by atoms with Gasteiger partial charge in [-0.25, -0.2) is 16.8 Å². The molecule has 0 aliphatic rings. The molecule has 0 aliphatic heterocycles. The summed E-state index contributed by atoms with van der Waals surface area (Å²) in [5.41, 5.74) is 0. The van der Waals surface area contributed by atoms with Gasteiger partial charge >= 0.3 is 59.1 Å². The quantitative estimate of drug-likeness (QED) is 0.0674. The van der Waals surface area contributed by atoms with Gasteiger partial charge in [-0.05, 0) is 52.2 Å². The second-order valence-corrected chi connectivity index (χ2v) is 15.9. The molecule has 52 heavy (non-hydrogen) atoms. The van der Waals surface area contributed by atoms with Gasteiger partial charge in [-0.1, -0.05) is 156 Å². The fourth-order valence-electron chi connectivity index (χ4n) is 5.24. The van der Waals surface area contributed by atoms with Crippen LogP contribution in [0.2, 0.25) is 0 Å². The third-order valence-electron chi connectivity index (χ3n) is 7.81. The molecule has 0 heterocycles. The van der Waals surface area contributed by atoms with E-state index >= 15 is 0 Å². The molecule has 0 aromatic heterocycles. The van der Waals surface area contributed by atoms with E-state index in [4.69, 9.17) is 4.18 Å². The van der Waals surface area contributed by atoms with Crippen LogP contribution < -0.4 is 59.1 Å². The fourth-order valence-corrected chi connectivity index (χ4v) is 7.61. The van der Waals surface area contributed by atoms with Crippen molar-refractivity contribution in [3.05, 3.63) is 115 Å². The second-order valence-electron chi connectivity index (χ2n) is 11.6. The Kier molecular flexibility index (Phi) is 23.0. The van der Waals surface area contributed by atoms with Gasteiger partial charge in [0.15, 0.2) is 0 Å². The molecule has 0 unspecified atom stereocenters. The Bertz CT molecular complexity index is 1990. The molecule has 0 saturated heterocycles. The zero-order valence-electron chi connectivity index (χ0n) is 30.1. The van der Waals surface area contributed by atoms with Crippen molar-refractivity contribution in [2.24, 2.45) is 0 Å². The van der Waals surface area contributed by atoms with Gasteiger partial charge in [-0.3, -0.25) is 4.18 Å². The van der Waals surface area contributed by atoms with Crippen molar-refractivity contribution in [1.82, 2.24) is 0 Å². The molecule has 5 aromatic carbocycles. The van der Waals surface area contributed by atoms with Crippen molar-refractivity contribution < 1.29 is 97.7 Å². The van der Waals surface area contributed by atoms with E-state index in [1.807, 2.05) is 0 Å². The Morgan fingerprint density at radius 1 is 0.462 bits per heavy atom. The molecular weight excluding hydrogens is 743 g/mol. The van der Waals surface area contributed by atoms with Crippen LogP contribution in [0.25, 0.3) is 21.5 Å². The molecule has 0 saturated carbocycles. The van der Waals surface area contributed by atoms with Crippen molar-refractivity contribution in [1.29, 1.82) is 0 Å². The number of hydrogen-bond acceptors (Lipinski definition) is 9. The van der Waals surface area contributed by atoms with E-state index < -0.39 is 30.4 Å². The normalized spacial score (nSPS) is 11.3. The maximum absolute atomic E-state index is 11.9. The Morgan fingerprint density at radius 3 is 1.25 bits per heavy atom. The number of unbranched alkanes of at least 4 members (excludes halogenated alkanes) is 9. The predicted octanol–water partition coefficient (Wildman–Crippen LogP) is 2.81. The van der Waals surface area contributed by atoms with Crippen LogP contribution in [0.4, 0.5) is 0 Å². The van der Waals surface area contributed by atoms with E-state index in [0.717, 1.165) is 23.6 Å². The Hall–Kier alpha value is -1.65. The van der Waals surface area contributed by atoms with Gasteiger partial charge in [0.1, 0.15) is 20.2 Å². The summed E-state index contributed by atoms with van der Waals surface area (Å²) in [6, 6.07) is 31.4. The summed E-state index contributed by atoms with van der Waals surface area (Å²) < 4.78 is 94.1. The molecule has 0 radical (unpaired) electrons. The van der Waals surface area contributed by atoms with Crippen LogP contribution in [0.1, 0.15) is 71.1 Å². The molecule has 5 rings (SSSR count). The van der Waals surface area contributed by atoms with E-state index in [2.05, 4.69) is 6.92 Å². The van der Waals surface area contributed by atoms with Crippen molar-refractivity contribution in [2.75, 3.05) is 6.61 Å². The second kappa shape index (κ2) is 24.7. The molecule has 0 spiro atoms. The minimum atomic E-state index is -4.38. The van der Waals surface area contributed by atoms with E-state index in [9.17, 15) is 34.4 Å². The monoisotopic (exact) mass is 786 g/mol. The average Bonchev–Trinajstić information content (AvgIpc) is 3.10. The number of rotatable bonds is 15. The molecule has 9 nitrogen and oxygen atoms in total. The molecule has 0 aliphatic carbocycles. The zero-order chi connectivity index (χ0) is 36.5. The van der Waals surface area contributed by atoms with E-state index in [1.54, 1.807) is 103 Å². The van der Waals surface area contributed by atoms with Gasteiger partial charge in [0.25, 0.3) is 10.1 Å². The Morgan fingerprint density at radius 2 is 0.827 bits per heavy atom. The summed E-state index contributed by atoms with van der Waals surface area (Å²) in [5.74, 6) is 0. The standard InChI is InChI=1S/C18H30O3S.2C10H8O3S.2Na/c1-2-3-4-5-6-7-8-9-10-14-17-21-22(19,20)18-15-12-11-13-16-18;2*11-14(12,13)10-7-3-5-8-4-1-2-6-9(8)10;;/h11-13,15-16H,2-10,14,17H2,1H3;2*1-7H,(H,11,12,13);;/q;;;2*+1/p-2. The van der Waals surface area contributed by atoms with E-state index in [0.29, 0.717) is 10.8 Å². The van der Waals surface area contributed by atoms with Crippen LogP contribution in [-0.4, -0.2) is 41.0 Å². The first-order valence-corrected chi connectivity index (χ1v) is 20.9. The van der Waals surface area contributed by atoms with Crippen molar-refractivity contribution in [2.45, 2.75) is 85.8 Å². The molecular formula is C38H44Na2O9S3. The number of benzene rings is 5. The summed E-state index contributed by atoms with van der Waals surface area (Å²) in [7, 11) is -12.3. The maximum Gasteiger partial charge on any atom is 1.00 e. The SMILES string of the molecule is CCCCCCCCCCCCOS(=O)(=O)c1ccccc1.O=S(=O)([O-])c1cccc2ccccc12.O=S(=O)([O-])c1cccc2ccccc12.[Na+].[Na+]. The van der Waals surface area contributed by atoms with Gasteiger partial charge in [-0.15, -0.1) is 0 Å². The van der Waals surface area contributed by atoms with Gasteiger partial charge in [0.05, 0.1) is 21.3 Å². The average molecular weight is 787 g/mol. The zero-order valence-corrected chi connectivity index (χ0v) is 36.6. The van der Waals surface area contributed by atoms with E-state index in [-0.39, 0.29) is 80.4 Å². The molecule has 0 fully saturated rings. The number of fused-ring (bicyclic) bond motifs is 2. The summed E-state index contributed by atoms with van der Waals surface area (Å²) in [6.45, 7) is 2.52. The molecule has 0 N–H and O–H groups in total. The van der Waals surface area contributed by atoms with Crippen molar-refractivity contribution in [3.8, 4) is 0 Å². The van der Waals surface area contributed by atoms with Gasteiger partial charge in [0, 0.05) is 0 Å². The molecule has 0 bridgehead atoms. The summed E-state index contributed by atoms with van der Waals surface area (Å²) in [4.78, 5) is -0.0757. The third kappa shape index (κ3) is 16.8. The largest absolute Gasteiger partial charge is 1.00 e. The first-order valence-electron chi connectivity index (χ1n) is 16.7. The van der Waals surface area contributed by atoms with Gasteiger partial charge < -0.3 is 9.11 Å². The molecule has 0 amide bonds. The Balaban J connectivity index is 0.000000396. The summed E-state index contributed by atoms with van der Waals surface area (Å²) in [6.07, 6.45) is 12.3. The van der Waals surface area contributed by atoms with Gasteiger partial charge in [-0.2, -0.15) is 8.42 Å². The molecule has 5 aromatic rings. The van der Waals surface area contributed by atoms with Crippen LogP contribution >= 0.6 is 0 Å². The predicted molar refractivity (Wildman–Crippen MR) is 195 cm³/mol. The first-order chi connectivity index (χ1) is 23.8. The molecule has 14 heteroatoms. The van der Waals surface area contributed by atoms with Crippen molar-refractivity contribution >= 4 is 51.9 Å². The van der Waals surface area contributed by atoms with Gasteiger partial charge in [0.2, 0.25) is 0 Å². The number of hydrogen-bond donors (Lipinski definition) is 0. The summed E-state index contributed by atoms with van der Waals surface area (Å²) >= 11 is 0. The third-order valence-corrected chi connectivity index (χ3v) is 10.9. The van der Waals surface area contributed by atoms with Crippen LogP contribution in [0.3, 0.4) is 0 Å². The molecule has 270 valence electrons. The minimum absolute atomic E-state index is 0. The van der Waals surface area contributed by atoms with Crippen LogP contribution in [0, 0.1) is 0 Å². The topological polar surface area (TPSA) is 158 Å². The van der Waals surface area contributed by atoms with Crippen molar-refractivity contribution in [3.63, 3.8) is 0 Å². The van der Waals surface area contributed by atoms with Crippen LogP contribution in [0.15, 0.2) is 130 Å². The first kappa shape index (κ1) is 48.4. The maximum atomic E-state index is 11.9.